The van der Waals surface area contributed by atoms with E-state index in [1.54, 1.807) is 17.4 Å². The van der Waals surface area contributed by atoms with Gasteiger partial charge in [-0.2, -0.15) is 0 Å². The fourth-order valence-corrected chi connectivity index (χ4v) is 3.23. The normalized spacial score (nSPS) is 12.7. The minimum atomic E-state index is -0.369. The Morgan fingerprint density at radius 1 is 1.39 bits per heavy atom. The zero-order valence-electron chi connectivity index (χ0n) is 10.3. The second-order valence-electron chi connectivity index (χ2n) is 4.10. The van der Waals surface area contributed by atoms with Crippen molar-refractivity contribution >= 4 is 22.9 Å². The van der Waals surface area contributed by atoms with Gasteiger partial charge in [-0.1, -0.05) is 30.7 Å². The highest BCUT2D eigenvalue weighted by Gasteiger charge is 2.20. The Morgan fingerprint density at radius 2 is 2.17 bits per heavy atom. The van der Waals surface area contributed by atoms with Gasteiger partial charge < -0.3 is 5.32 Å². The van der Waals surface area contributed by atoms with Crippen LogP contribution in [0.1, 0.15) is 29.0 Å². The van der Waals surface area contributed by atoms with Crippen LogP contribution in [-0.2, 0) is 0 Å². The van der Waals surface area contributed by atoms with Crippen LogP contribution in [0.5, 0.6) is 0 Å². The smallest absolute Gasteiger partial charge is 0.142 e. The lowest BCUT2D eigenvalue weighted by molar-refractivity contribution is 0.606. The van der Waals surface area contributed by atoms with E-state index in [2.05, 4.69) is 18.3 Å². The molecule has 0 saturated carbocycles. The van der Waals surface area contributed by atoms with Crippen LogP contribution in [0.25, 0.3) is 0 Å². The van der Waals surface area contributed by atoms with Gasteiger partial charge in [-0.3, -0.25) is 0 Å². The minimum Gasteiger partial charge on any atom is -0.306 e. The maximum Gasteiger partial charge on any atom is 0.142 e. The molecule has 1 N–H and O–H groups in total. The van der Waals surface area contributed by atoms with E-state index in [1.807, 2.05) is 18.4 Å². The highest BCUT2D eigenvalue weighted by molar-refractivity contribution is 7.10. The Balaban J connectivity index is 2.48. The van der Waals surface area contributed by atoms with Crippen LogP contribution in [-0.4, -0.2) is 6.54 Å². The summed E-state index contributed by atoms with van der Waals surface area (Å²) in [6.45, 7) is 4.89. The zero-order valence-corrected chi connectivity index (χ0v) is 11.9. The molecule has 0 radical (unpaired) electrons. The Kier molecular flexibility index (Phi) is 4.38. The molecule has 96 valence electrons. The van der Waals surface area contributed by atoms with E-state index in [1.165, 1.54) is 16.5 Å². The summed E-state index contributed by atoms with van der Waals surface area (Å²) in [5.74, 6) is -0.369. The standard InChI is InChI=1S/C14H15ClFNS/c1-3-17-13(14-9(2)7-8-18-14)10-5-4-6-11(16)12(10)15/h4-8,13,17H,3H2,1-2H3. The molecule has 18 heavy (non-hydrogen) atoms. The lowest BCUT2D eigenvalue weighted by atomic mass is 10.0. The van der Waals surface area contributed by atoms with Crippen molar-refractivity contribution in [2.24, 2.45) is 0 Å². The van der Waals surface area contributed by atoms with E-state index in [0.717, 1.165) is 12.1 Å². The Morgan fingerprint density at radius 3 is 2.78 bits per heavy atom. The Hall–Kier alpha value is -0.900. The van der Waals surface area contributed by atoms with Crippen molar-refractivity contribution in [3.05, 3.63) is 56.5 Å². The van der Waals surface area contributed by atoms with E-state index in [9.17, 15) is 4.39 Å². The van der Waals surface area contributed by atoms with Crippen molar-refractivity contribution in [3.8, 4) is 0 Å². The summed E-state index contributed by atoms with van der Waals surface area (Å²) in [6, 6.07) is 6.98. The molecule has 0 bridgehead atoms. The number of rotatable bonds is 4. The first-order valence-electron chi connectivity index (χ1n) is 5.86. The van der Waals surface area contributed by atoms with Gasteiger partial charge in [-0.25, -0.2) is 4.39 Å². The molecule has 1 atom stereocenters. The average Bonchev–Trinajstić information content (AvgIpc) is 2.76. The van der Waals surface area contributed by atoms with E-state index < -0.39 is 0 Å². The van der Waals surface area contributed by atoms with Crippen LogP contribution in [0.15, 0.2) is 29.6 Å². The summed E-state index contributed by atoms with van der Waals surface area (Å²) in [5.41, 5.74) is 2.00. The molecule has 1 aromatic carbocycles. The number of aryl methyl sites for hydroxylation is 1. The van der Waals surface area contributed by atoms with Crippen molar-refractivity contribution in [3.63, 3.8) is 0 Å². The molecular weight excluding hydrogens is 269 g/mol. The van der Waals surface area contributed by atoms with Crippen LogP contribution in [0.3, 0.4) is 0 Å². The van der Waals surface area contributed by atoms with Crippen LogP contribution in [0.4, 0.5) is 4.39 Å². The van der Waals surface area contributed by atoms with Crippen molar-refractivity contribution < 1.29 is 4.39 Å². The number of nitrogens with one attached hydrogen (secondary N) is 1. The van der Waals surface area contributed by atoms with Crippen LogP contribution < -0.4 is 5.32 Å². The fourth-order valence-electron chi connectivity index (χ4n) is 1.97. The van der Waals surface area contributed by atoms with E-state index >= 15 is 0 Å². The first-order chi connectivity index (χ1) is 8.65. The molecule has 2 rings (SSSR count). The number of hydrogen-bond acceptors (Lipinski definition) is 2. The number of thiophene rings is 1. The molecule has 1 nitrogen and oxygen atoms in total. The predicted octanol–water partition coefficient (Wildman–Crippen LogP) is 4.55. The second kappa shape index (κ2) is 5.83. The number of halogens is 2. The summed E-state index contributed by atoms with van der Waals surface area (Å²) >= 11 is 7.75. The summed E-state index contributed by atoms with van der Waals surface area (Å²) in [5, 5.41) is 5.62. The molecule has 1 aromatic heterocycles. The average molecular weight is 284 g/mol. The monoisotopic (exact) mass is 283 g/mol. The molecule has 1 unspecified atom stereocenters. The van der Waals surface area contributed by atoms with Gasteiger partial charge in [0.05, 0.1) is 11.1 Å². The van der Waals surface area contributed by atoms with Crippen molar-refractivity contribution in [1.29, 1.82) is 0 Å². The molecule has 0 aliphatic heterocycles. The van der Waals surface area contributed by atoms with Gasteiger partial charge in [0, 0.05) is 4.88 Å². The van der Waals surface area contributed by atoms with E-state index in [0.29, 0.717) is 0 Å². The van der Waals surface area contributed by atoms with E-state index in [4.69, 9.17) is 11.6 Å². The molecule has 0 amide bonds. The number of benzene rings is 1. The largest absolute Gasteiger partial charge is 0.306 e. The molecule has 0 saturated heterocycles. The van der Waals surface area contributed by atoms with Gasteiger partial charge in [0.2, 0.25) is 0 Å². The highest BCUT2D eigenvalue weighted by Crippen LogP contribution is 2.34. The molecule has 0 aliphatic carbocycles. The Labute approximate surface area is 116 Å². The quantitative estimate of drug-likeness (QED) is 0.868. The van der Waals surface area contributed by atoms with Crippen LogP contribution >= 0.6 is 22.9 Å². The summed E-state index contributed by atoms with van der Waals surface area (Å²) < 4.78 is 13.6. The highest BCUT2D eigenvalue weighted by atomic mass is 35.5. The van der Waals surface area contributed by atoms with Gasteiger partial charge in [0.25, 0.3) is 0 Å². The third-order valence-electron chi connectivity index (χ3n) is 2.86. The molecule has 4 heteroatoms. The van der Waals surface area contributed by atoms with E-state index in [-0.39, 0.29) is 16.9 Å². The van der Waals surface area contributed by atoms with Gasteiger partial charge in [0.1, 0.15) is 5.82 Å². The number of hydrogen-bond donors (Lipinski definition) is 1. The summed E-state index contributed by atoms with van der Waals surface area (Å²) in [4.78, 5) is 1.18. The molecule has 1 heterocycles. The van der Waals surface area contributed by atoms with Crippen LogP contribution in [0.2, 0.25) is 5.02 Å². The SMILES string of the molecule is CCNC(c1cccc(F)c1Cl)c1sccc1C. The van der Waals surface area contributed by atoms with Gasteiger partial charge in [-0.15, -0.1) is 11.3 Å². The molecule has 0 spiro atoms. The molecule has 0 fully saturated rings. The maximum atomic E-state index is 13.6. The lowest BCUT2D eigenvalue weighted by Gasteiger charge is -2.19. The topological polar surface area (TPSA) is 12.0 Å². The lowest BCUT2D eigenvalue weighted by Crippen LogP contribution is -2.22. The predicted molar refractivity (Wildman–Crippen MR) is 76.0 cm³/mol. The van der Waals surface area contributed by atoms with Crippen LogP contribution in [0, 0.1) is 12.7 Å². The molecular formula is C14H15ClFNS. The van der Waals surface area contributed by atoms with Gasteiger partial charge in [0.15, 0.2) is 0 Å². The molecule has 0 aliphatic rings. The summed E-state index contributed by atoms with van der Waals surface area (Å²) in [7, 11) is 0. The minimum absolute atomic E-state index is 0.0433. The molecule has 2 aromatic rings. The third kappa shape index (κ3) is 2.58. The van der Waals surface area contributed by atoms with Gasteiger partial charge >= 0.3 is 0 Å². The summed E-state index contributed by atoms with van der Waals surface area (Å²) in [6.07, 6.45) is 0. The fraction of sp³-hybridized carbons (Fsp3) is 0.286. The Bertz CT molecular complexity index is 538. The van der Waals surface area contributed by atoms with Crippen molar-refractivity contribution in [1.82, 2.24) is 5.32 Å². The van der Waals surface area contributed by atoms with Crippen molar-refractivity contribution in [2.45, 2.75) is 19.9 Å². The maximum absolute atomic E-state index is 13.6. The zero-order chi connectivity index (χ0) is 13.1. The second-order valence-corrected chi connectivity index (χ2v) is 5.43. The van der Waals surface area contributed by atoms with Gasteiger partial charge in [-0.05, 0) is 42.1 Å². The first kappa shape index (κ1) is 13.5. The first-order valence-corrected chi connectivity index (χ1v) is 7.12. The third-order valence-corrected chi connectivity index (χ3v) is 4.35. The van der Waals surface area contributed by atoms with Crippen molar-refractivity contribution in [2.75, 3.05) is 6.54 Å².